The van der Waals surface area contributed by atoms with Crippen LogP contribution in [0, 0.1) is 6.92 Å². The van der Waals surface area contributed by atoms with Crippen molar-refractivity contribution in [1.29, 1.82) is 0 Å². The summed E-state index contributed by atoms with van der Waals surface area (Å²) < 4.78 is 18.6. The third kappa shape index (κ3) is 5.06. The van der Waals surface area contributed by atoms with Gasteiger partial charge in [-0.15, -0.1) is 0 Å². The highest BCUT2D eigenvalue weighted by Gasteiger charge is 2.52. The Morgan fingerprint density at radius 1 is 1.06 bits per heavy atom. The zero-order valence-corrected chi connectivity index (χ0v) is 22.9. The molecule has 1 unspecified atom stereocenters. The van der Waals surface area contributed by atoms with E-state index in [9.17, 15) is 9.90 Å². The molecule has 6 nitrogen and oxygen atoms in total. The molecule has 2 aromatic carbocycles. The summed E-state index contributed by atoms with van der Waals surface area (Å²) in [7, 11) is -0.423. The highest BCUT2D eigenvalue weighted by atomic mass is 16.7. The zero-order chi connectivity index (χ0) is 26.5. The van der Waals surface area contributed by atoms with Crippen molar-refractivity contribution < 1.29 is 23.9 Å². The molecule has 2 saturated heterocycles. The summed E-state index contributed by atoms with van der Waals surface area (Å²) in [6.07, 6.45) is 0.566. The van der Waals surface area contributed by atoms with Crippen LogP contribution in [0.3, 0.4) is 0 Å². The third-order valence-electron chi connectivity index (χ3n) is 8.04. The molecule has 2 aromatic rings. The van der Waals surface area contributed by atoms with Gasteiger partial charge < -0.3 is 24.1 Å². The molecule has 0 bridgehead atoms. The van der Waals surface area contributed by atoms with Gasteiger partial charge in [-0.05, 0) is 72.0 Å². The highest BCUT2D eigenvalue weighted by Crippen LogP contribution is 2.42. The van der Waals surface area contributed by atoms with Gasteiger partial charge >= 0.3 is 13.2 Å². The summed E-state index contributed by atoms with van der Waals surface area (Å²) in [5.74, 6) is 0. The number of aryl methyl sites for hydroxylation is 1. The van der Waals surface area contributed by atoms with Crippen LogP contribution in [0.2, 0.25) is 0 Å². The van der Waals surface area contributed by atoms with E-state index in [0.717, 1.165) is 22.2 Å². The Balaban J connectivity index is 1.53. The largest absolute Gasteiger partial charge is 0.495 e. The van der Waals surface area contributed by atoms with E-state index < -0.39 is 29.5 Å². The van der Waals surface area contributed by atoms with E-state index in [1.165, 1.54) is 0 Å². The number of hydrogen-bond acceptors (Lipinski definition) is 5. The summed E-state index contributed by atoms with van der Waals surface area (Å²) in [6.45, 7) is 16.3. The van der Waals surface area contributed by atoms with Gasteiger partial charge in [0.25, 0.3) is 0 Å². The molecule has 36 heavy (non-hydrogen) atoms. The normalized spacial score (nSPS) is 24.5. The molecule has 1 N–H and O–H groups in total. The van der Waals surface area contributed by atoms with E-state index >= 15 is 0 Å². The van der Waals surface area contributed by atoms with Crippen molar-refractivity contribution in [2.24, 2.45) is 0 Å². The average Bonchev–Trinajstić information content (AvgIpc) is 2.99. The number of hydrogen-bond donors (Lipinski definition) is 1. The van der Waals surface area contributed by atoms with E-state index in [0.29, 0.717) is 19.4 Å². The fourth-order valence-electron chi connectivity index (χ4n) is 5.26. The first-order valence-electron chi connectivity index (χ1n) is 12.9. The van der Waals surface area contributed by atoms with Crippen LogP contribution in [0.1, 0.15) is 84.0 Å². The minimum atomic E-state index is -0.982. The van der Waals surface area contributed by atoms with Crippen molar-refractivity contribution in [1.82, 2.24) is 4.90 Å². The van der Waals surface area contributed by atoms with Crippen molar-refractivity contribution in [3.05, 3.63) is 65.2 Å². The first-order chi connectivity index (χ1) is 16.6. The second kappa shape index (κ2) is 9.19. The van der Waals surface area contributed by atoms with E-state index in [1.807, 2.05) is 77.1 Å². The number of aliphatic hydroxyl groups is 1. The van der Waals surface area contributed by atoms with E-state index in [-0.39, 0.29) is 12.1 Å². The number of amides is 1. The van der Waals surface area contributed by atoms with Crippen molar-refractivity contribution in [3.63, 3.8) is 0 Å². The summed E-state index contributed by atoms with van der Waals surface area (Å²) in [6, 6.07) is 15.8. The standard InChI is InChI=1S/C29H40BNO5/c1-20-18-22(14-15-24(20)30-35-27(5,6)28(7,8)36-30)21(2)31-17-16-29(34-25(31)32,19-26(3,4)33)23-12-10-9-11-13-23/h9-15,18,21,33H,16-17,19H2,1-8H3/t21-,29?/m0/s1. The summed E-state index contributed by atoms with van der Waals surface area (Å²) in [5, 5.41) is 10.6. The third-order valence-corrected chi connectivity index (χ3v) is 8.04. The second-order valence-electron chi connectivity index (χ2n) is 12.0. The Morgan fingerprint density at radius 3 is 2.19 bits per heavy atom. The SMILES string of the molecule is Cc1cc([C@H](C)N2CCC(CC(C)(C)O)(c3ccccc3)OC2=O)ccc1B1OC(C)(C)C(C)(C)O1. The van der Waals surface area contributed by atoms with Crippen LogP contribution in [0.15, 0.2) is 48.5 Å². The average molecular weight is 493 g/mol. The first-order valence-corrected chi connectivity index (χ1v) is 12.9. The Morgan fingerprint density at radius 2 is 1.67 bits per heavy atom. The van der Waals surface area contributed by atoms with Crippen LogP contribution in [-0.4, -0.2) is 46.6 Å². The van der Waals surface area contributed by atoms with Gasteiger partial charge in [0.1, 0.15) is 5.60 Å². The number of benzene rings is 2. The van der Waals surface area contributed by atoms with Crippen molar-refractivity contribution >= 4 is 18.7 Å². The van der Waals surface area contributed by atoms with E-state index in [4.69, 9.17) is 14.0 Å². The quantitative estimate of drug-likeness (QED) is 0.557. The molecule has 4 rings (SSSR count). The van der Waals surface area contributed by atoms with Gasteiger partial charge in [-0.3, -0.25) is 0 Å². The molecule has 2 aliphatic heterocycles. The lowest BCUT2D eigenvalue weighted by molar-refractivity contribution is -0.101. The maximum Gasteiger partial charge on any atom is 0.495 e. The molecule has 0 spiro atoms. The monoisotopic (exact) mass is 493 g/mol. The zero-order valence-electron chi connectivity index (χ0n) is 22.9. The Labute approximate surface area is 216 Å². The van der Waals surface area contributed by atoms with Crippen LogP contribution in [-0.2, 0) is 19.6 Å². The molecule has 2 atom stereocenters. The summed E-state index contributed by atoms with van der Waals surface area (Å²) in [4.78, 5) is 15.1. The first kappa shape index (κ1) is 26.7. The number of carbonyl (C=O) groups excluding carboxylic acids is 1. The van der Waals surface area contributed by atoms with Crippen molar-refractivity contribution in [2.45, 2.75) is 96.7 Å². The molecular formula is C29H40BNO5. The molecule has 2 aliphatic rings. The minimum Gasteiger partial charge on any atom is -0.438 e. The van der Waals surface area contributed by atoms with Crippen LogP contribution in [0.5, 0.6) is 0 Å². The molecule has 0 aromatic heterocycles. The van der Waals surface area contributed by atoms with Gasteiger partial charge in [0.2, 0.25) is 0 Å². The molecule has 7 heteroatoms. The topological polar surface area (TPSA) is 68.2 Å². The van der Waals surface area contributed by atoms with Crippen LogP contribution in [0.25, 0.3) is 0 Å². The maximum atomic E-state index is 13.4. The van der Waals surface area contributed by atoms with E-state index in [2.05, 4.69) is 13.0 Å². The molecule has 2 heterocycles. The number of carbonyl (C=O) groups is 1. The van der Waals surface area contributed by atoms with Gasteiger partial charge in [0, 0.05) is 19.4 Å². The number of cyclic esters (lactones) is 1. The molecule has 0 saturated carbocycles. The van der Waals surface area contributed by atoms with Crippen LogP contribution < -0.4 is 5.46 Å². The number of rotatable bonds is 6. The minimum absolute atomic E-state index is 0.167. The summed E-state index contributed by atoms with van der Waals surface area (Å²) >= 11 is 0. The fraction of sp³-hybridized carbons (Fsp3) is 0.552. The molecule has 194 valence electrons. The van der Waals surface area contributed by atoms with Crippen molar-refractivity contribution in [3.8, 4) is 0 Å². The number of nitrogens with zero attached hydrogens (tertiary/aromatic N) is 1. The maximum absolute atomic E-state index is 13.4. The highest BCUT2D eigenvalue weighted by molar-refractivity contribution is 6.62. The molecule has 1 amide bonds. The van der Waals surface area contributed by atoms with Gasteiger partial charge in [-0.2, -0.15) is 0 Å². The Kier molecular flexibility index (Phi) is 6.82. The lowest BCUT2D eigenvalue weighted by Gasteiger charge is -2.45. The molecule has 0 aliphatic carbocycles. The molecular weight excluding hydrogens is 453 g/mol. The van der Waals surface area contributed by atoms with Gasteiger partial charge in [-0.25, -0.2) is 4.79 Å². The van der Waals surface area contributed by atoms with Crippen LogP contribution >= 0.6 is 0 Å². The van der Waals surface area contributed by atoms with Gasteiger partial charge in [0.05, 0.1) is 22.8 Å². The summed E-state index contributed by atoms with van der Waals surface area (Å²) in [5.41, 5.74) is 1.36. The van der Waals surface area contributed by atoms with Gasteiger partial charge in [-0.1, -0.05) is 54.1 Å². The fourth-order valence-corrected chi connectivity index (χ4v) is 5.26. The smallest absolute Gasteiger partial charge is 0.438 e. The number of ether oxygens (including phenoxy) is 1. The predicted octanol–water partition coefficient (Wildman–Crippen LogP) is 5.25. The lowest BCUT2D eigenvalue weighted by atomic mass is 9.75. The van der Waals surface area contributed by atoms with Crippen molar-refractivity contribution in [2.75, 3.05) is 6.54 Å². The second-order valence-corrected chi connectivity index (χ2v) is 12.0. The molecule has 2 fully saturated rings. The molecule has 0 radical (unpaired) electrons. The van der Waals surface area contributed by atoms with Crippen LogP contribution in [0.4, 0.5) is 4.79 Å². The van der Waals surface area contributed by atoms with E-state index in [1.54, 1.807) is 18.7 Å². The Hall–Kier alpha value is -2.35. The Bertz CT molecular complexity index is 1090. The lowest BCUT2D eigenvalue weighted by Crippen LogP contribution is -2.51. The predicted molar refractivity (Wildman–Crippen MR) is 142 cm³/mol. The van der Waals surface area contributed by atoms with Gasteiger partial charge in [0.15, 0.2) is 0 Å².